The van der Waals surface area contributed by atoms with Crippen LogP contribution in [0, 0.1) is 11.8 Å². The van der Waals surface area contributed by atoms with Crippen molar-refractivity contribution in [2.45, 2.75) is 96.8 Å². The van der Waals surface area contributed by atoms with Crippen LogP contribution in [-0.2, 0) is 19.1 Å². The first kappa shape index (κ1) is 25.4. The lowest BCUT2D eigenvalue weighted by Gasteiger charge is -2.19. The molecule has 0 saturated heterocycles. The van der Waals surface area contributed by atoms with E-state index >= 15 is 0 Å². The van der Waals surface area contributed by atoms with Crippen molar-refractivity contribution >= 4 is 17.9 Å². The second kappa shape index (κ2) is 16.6. The lowest BCUT2D eigenvalue weighted by Crippen LogP contribution is -2.32. The van der Waals surface area contributed by atoms with Gasteiger partial charge < -0.3 is 14.9 Å². The zero-order valence-corrected chi connectivity index (χ0v) is 17.1. The molecule has 0 aromatic heterocycles. The maximum absolute atomic E-state index is 11.4. The normalized spacial score (nSPS) is 13.1. The van der Waals surface area contributed by atoms with Gasteiger partial charge in [0, 0.05) is 0 Å². The minimum atomic E-state index is -1.26. The molecule has 0 aromatic carbocycles. The Morgan fingerprint density at radius 2 is 1.11 bits per heavy atom. The zero-order valence-electron chi connectivity index (χ0n) is 17.1. The van der Waals surface area contributed by atoms with E-state index in [0.29, 0.717) is 6.42 Å². The molecule has 0 aliphatic carbocycles. The van der Waals surface area contributed by atoms with Crippen LogP contribution in [0.3, 0.4) is 0 Å². The van der Waals surface area contributed by atoms with Gasteiger partial charge in [-0.1, -0.05) is 84.0 Å². The minimum absolute atomic E-state index is 0.278. The summed E-state index contributed by atoms with van der Waals surface area (Å²) in [4.78, 5) is 34.1. The molecule has 0 aromatic rings. The van der Waals surface area contributed by atoms with E-state index in [1.54, 1.807) is 0 Å². The standard InChI is InChI=1S/C21H38O6/c1-3-4-5-6-7-8-9-10-11-12-13-14-15-17(20(23)24)18(21(25)26)16-19(22)27-2/h17-18H,3-16H2,1-2H3,(H,23,24)(H,25,26)/t17-,18-/m0/s1. The number of hydrogen-bond donors (Lipinski definition) is 2. The summed E-state index contributed by atoms with van der Waals surface area (Å²) in [6.07, 6.45) is 14.0. The summed E-state index contributed by atoms with van der Waals surface area (Å²) in [5.41, 5.74) is 0. The van der Waals surface area contributed by atoms with Crippen molar-refractivity contribution in [3.63, 3.8) is 0 Å². The predicted molar refractivity (Wildman–Crippen MR) is 105 cm³/mol. The number of rotatable bonds is 18. The highest BCUT2D eigenvalue weighted by molar-refractivity contribution is 5.84. The average molecular weight is 387 g/mol. The van der Waals surface area contributed by atoms with Gasteiger partial charge in [0.25, 0.3) is 0 Å². The highest BCUT2D eigenvalue weighted by Crippen LogP contribution is 2.24. The fourth-order valence-electron chi connectivity index (χ4n) is 3.37. The third kappa shape index (κ3) is 13.3. The fraction of sp³-hybridized carbons (Fsp3) is 0.857. The van der Waals surface area contributed by atoms with E-state index in [0.717, 1.165) is 19.3 Å². The van der Waals surface area contributed by atoms with Crippen molar-refractivity contribution in [2.24, 2.45) is 11.8 Å². The van der Waals surface area contributed by atoms with Crippen molar-refractivity contribution in [1.29, 1.82) is 0 Å². The summed E-state index contributed by atoms with van der Waals surface area (Å²) >= 11 is 0. The van der Waals surface area contributed by atoms with Crippen LogP contribution >= 0.6 is 0 Å². The van der Waals surface area contributed by atoms with Gasteiger partial charge in [-0.25, -0.2) is 0 Å². The van der Waals surface area contributed by atoms with E-state index in [2.05, 4.69) is 11.7 Å². The molecule has 0 aliphatic heterocycles. The molecule has 6 nitrogen and oxygen atoms in total. The Morgan fingerprint density at radius 3 is 1.48 bits per heavy atom. The Balaban J connectivity index is 3.94. The van der Waals surface area contributed by atoms with Crippen molar-refractivity contribution in [3.05, 3.63) is 0 Å². The van der Waals surface area contributed by atoms with Gasteiger partial charge in [0.1, 0.15) is 0 Å². The first-order valence-corrected chi connectivity index (χ1v) is 10.5. The smallest absolute Gasteiger partial charge is 0.307 e. The number of esters is 1. The van der Waals surface area contributed by atoms with E-state index in [1.165, 1.54) is 58.5 Å². The van der Waals surface area contributed by atoms with Gasteiger partial charge in [-0.15, -0.1) is 0 Å². The van der Waals surface area contributed by atoms with E-state index in [4.69, 9.17) is 0 Å². The summed E-state index contributed by atoms with van der Waals surface area (Å²) in [6.45, 7) is 2.22. The fourth-order valence-corrected chi connectivity index (χ4v) is 3.37. The third-order valence-electron chi connectivity index (χ3n) is 5.10. The Bertz CT molecular complexity index is 421. The molecule has 0 radical (unpaired) electrons. The largest absolute Gasteiger partial charge is 0.481 e. The summed E-state index contributed by atoms with van der Waals surface area (Å²) in [7, 11) is 1.17. The predicted octanol–water partition coefficient (Wildman–Crippen LogP) is 5.04. The molecule has 0 unspecified atom stereocenters. The number of hydrogen-bond acceptors (Lipinski definition) is 4. The first-order chi connectivity index (χ1) is 12.9. The minimum Gasteiger partial charge on any atom is -0.481 e. The molecule has 0 heterocycles. The van der Waals surface area contributed by atoms with E-state index in [-0.39, 0.29) is 6.42 Å². The van der Waals surface area contributed by atoms with Gasteiger partial charge >= 0.3 is 17.9 Å². The zero-order chi connectivity index (χ0) is 20.5. The van der Waals surface area contributed by atoms with Gasteiger partial charge in [0.05, 0.1) is 25.4 Å². The van der Waals surface area contributed by atoms with Crippen LogP contribution in [0.2, 0.25) is 0 Å². The van der Waals surface area contributed by atoms with Gasteiger partial charge in [-0.2, -0.15) is 0 Å². The topological polar surface area (TPSA) is 101 Å². The lowest BCUT2D eigenvalue weighted by molar-refractivity contribution is -0.158. The van der Waals surface area contributed by atoms with Crippen LogP contribution in [-0.4, -0.2) is 35.2 Å². The van der Waals surface area contributed by atoms with Gasteiger partial charge in [0.15, 0.2) is 0 Å². The molecule has 6 heteroatoms. The molecule has 158 valence electrons. The highest BCUT2D eigenvalue weighted by atomic mass is 16.5. The van der Waals surface area contributed by atoms with Crippen LogP contribution in [0.25, 0.3) is 0 Å². The summed E-state index contributed by atoms with van der Waals surface area (Å²) in [5.74, 6) is -5.39. The van der Waals surface area contributed by atoms with Gasteiger partial charge in [-0.3, -0.25) is 14.4 Å². The summed E-state index contributed by atoms with van der Waals surface area (Å²) < 4.78 is 4.48. The number of carboxylic acid groups (broad SMARTS) is 2. The number of carbonyl (C=O) groups excluding carboxylic acids is 1. The van der Waals surface area contributed by atoms with Crippen molar-refractivity contribution in [2.75, 3.05) is 7.11 Å². The third-order valence-corrected chi connectivity index (χ3v) is 5.10. The molecule has 0 bridgehead atoms. The monoisotopic (exact) mass is 386 g/mol. The molecule has 0 rings (SSSR count). The first-order valence-electron chi connectivity index (χ1n) is 10.5. The molecule has 0 spiro atoms. The van der Waals surface area contributed by atoms with Crippen LogP contribution in [0.15, 0.2) is 0 Å². The van der Waals surface area contributed by atoms with Crippen LogP contribution in [0.1, 0.15) is 96.8 Å². The highest BCUT2D eigenvalue weighted by Gasteiger charge is 2.35. The quantitative estimate of drug-likeness (QED) is 0.253. The molecule has 0 aliphatic rings. The molecular weight excluding hydrogens is 348 g/mol. The number of methoxy groups -OCH3 is 1. The Labute approximate surface area is 163 Å². The Morgan fingerprint density at radius 1 is 0.704 bits per heavy atom. The maximum atomic E-state index is 11.4. The van der Waals surface area contributed by atoms with E-state index < -0.39 is 36.2 Å². The maximum Gasteiger partial charge on any atom is 0.307 e. The SMILES string of the molecule is CCCCCCCCCCCCCC[C@H](C(=O)O)[C@H](CC(=O)OC)C(=O)O. The van der Waals surface area contributed by atoms with Gasteiger partial charge in [-0.05, 0) is 6.42 Å². The summed E-state index contributed by atoms with van der Waals surface area (Å²) in [6, 6.07) is 0. The van der Waals surface area contributed by atoms with Crippen molar-refractivity contribution in [3.8, 4) is 0 Å². The number of carboxylic acids is 2. The molecule has 0 amide bonds. The molecule has 0 fully saturated rings. The number of carbonyl (C=O) groups is 3. The lowest BCUT2D eigenvalue weighted by atomic mass is 9.85. The second-order valence-electron chi connectivity index (χ2n) is 7.35. The number of aliphatic carboxylic acids is 2. The molecular formula is C21H38O6. The average Bonchev–Trinajstić information content (AvgIpc) is 2.63. The van der Waals surface area contributed by atoms with E-state index in [1.807, 2.05) is 0 Å². The van der Waals surface area contributed by atoms with Crippen LogP contribution in [0.4, 0.5) is 0 Å². The van der Waals surface area contributed by atoms with Crippen molar-refractivity contribution in [1.82, 2.24) is 0 Å². The molecule has 27 heavy (non-hydrogen) atoms. The Kier molecular flexibility index (Phi) is 15.6. The second-order valence-corrected chi connectivity index (χ2v) is 7.35. The molecule has 2 N–H and O–H groups in total. The van der Waals surface area contributed by atoms with E-state index in [9.17, 15) is 24.6 Å². The Hall–Kier alpha value is -1.59. The molecule has 0 saturated carbocycles. The number of ether oxygens (including phenoxy) is 1. The summed E-state index contributed by atoms with van der Waals surface area (Å²) in [5, 5.41) is 18.6. The molecule has 2 atom stereocenters. The van der Waals surface area contributed by atoms with Crippen LogP contribution in [0.5, 0.6) is 0 Å². The van der Waals surface area contributed by atoms with Crippen LogP contribution < -0.4 is 0 Å². The van der Waals surface area contributed by atoms with Gasteiger partial charge in [0.2, 0.25) is 0 Å². The van der Waals surface area contributed by atoms with Crippen molar-refractivity contribution < 1.29 is 29.3 Å². The number of unbranched alkanes of at least 4 members (excludes halogenated alkanes) is 11.